The van der Waals surface area contributed by atoms with E-state index in [0.29, 0.717) is 22.8 Å². The SMILES string of the molecule is COC(=O)C1(c2c(OC)cc(OC)cc2OC)C(c2ccccc2)=Cc2ccccc21. The maximum atomic E-state index is 13.8. The fraction of sp³-hybridized carbons (Fsp3) is 0.192. The monoisotopic (exact) mass is 416 g/mol. The van der Waals surface area contributed by atoms with E-state index < -0.39 is 11.4 Å². The second kappa shape index (κ2) is 8.19. The zero-order valence-electron chi connectivity index (χ0n) is 18.0. The first-order valence-corrected chi connectivity index (χ1v) is 9.87. The lowest BCUT2D eigenvalue weighted by Gasteiger charge is -2.34. The third kappa shape index (κ3) is 3.05. The van der Waals surface area contributed by atoms with E-state index in [1.165, 1.54) is 7.11 Å². The first kappa shape index (κ1) is 20.5. The van der Waals surface area contributed by atoms with E-state index in [2.05, 4.69) is 0 Å². The Morgan fingerprint density at radius 2 is 1.39 bits per heavy atom. The maximum absolute atomic E-state index is 13.8. The van der Waals surface area contributed by atoms with Crippen LogP contribution in [0.15, 0.2) is 66.7 Å². The highest BCUT2D eigenvalue weighted by Gasteiger charge is 2.54. The Labute approximate surface area is 181 Å². The van der Waals surface area contributed by atoms with Crippen molar-refractivity contribution < 1.29 is 23.7 Å². The molecule has 1 aliphatic carbocycles. The van der Waals surface area contributed by atoms with Gasteiger partial charge < -0.3 is 18.9 Å². The molecule has 3 aromatic rings. The minimum Gasteiger partial charge on any atom is -0.496 e. The van der Waals surface area contributed by atoms with Gasteiger partial charge in [0.1, 0.15) is 17.2 Å². The molecule has 31 heavy (non-hydrogen) atoms. The van der Waals surface area contributed by atoms with Crippen LogP contribution in [-0.4, -0.2) is 34.4 Å². The first-order valence-electron chi connectivity index (χ1n) is 9.87. The van der Waals surface area contributed by atoms with Crippen molar-refractivity contribution in [3.8, 4) is 17.2 Å². The third-order valence-electron chi connectivity index (χ3n) is 5.74. The summed E-state index contributed by atoms with van der Waals surface area (Å²) in [6, 6.07) is 21.1. The molecule has 1 unspecified atom stereocenters. The largest absolute Gasteiger partial charge is 0.496 e. The van der Waals surface area contributed by atoms with Gasteiger partial charge in [-0.25, -0.2) is 0 Å². The molecule has 5 nitrogen and oxygen atoms in total. The molecule has 4 rings (SSSR count). The Bertz CT molecular complexity index is 1120. The van der Waals surface area contributed by atoms with Gasteiger partial charge in [-0.15, -0.1) is 0 Å². The predicted octanol–water partition coefficient (Wildman–Crippen LogP) is 4.73. The molecule has 0 aliphatic heterocycles. The van der Waals surface area contributed by atoms with Crippen LogP contribution >= 0.6 is 0 Å². The summed E-state index contributed by atoms with van der Waals surface area (Å²) < 4.78 is 22.4. The van der Waals surface area contributed by atoms with Crippen LogP contribution in [0, 0.1) is 0 Å². The zero-order valence-corrected chi connectivity index (χ0v) is 18.0. The summed E-state index contributed by atoms with van der Waals surface area (Å²) in [5, 5.41) is 0. The summed E-state index contributed by atoms with van der Waals surface area (Å²) >= 11 is 0. The normalized spacial score (nSPS) is 16.8. The number of hydrogen-bond donors (Lipinski definition) is 0. The van der Waals surface area contributed by atoms with Crippen LogP contribution in [0.5, 0.6) is 17.2 Å². The number of hydrogen-bond acceptors (Lipinski definition) is 5. The van der Waals surface area contributed by atoms with Gasteiger partial charge in [-0.05, 0) is 28.3 Å². The number of carbonyl (C=O) groups is 1. The second-order valence-corrected chi connectivity index (χ2v) is 7.16. The van der Waals surface area contributed by atoms with Crippen LogP contribution in [0.3, 0.4) is 0 Å². The van der Waals surface area contributed by atoms with E-state index in [4.69, 9.17) is 18.9 Å². The Morgan fingerprint density at radius 1 is 0.774 bits per heavy atom. The van der Waals surface area contributed by atoms with Crippen molar-refractivity contribution in [3.63, 3.8) is 0 Å². The minimum atomic E-state index is -1.28. The van der Waals surface area contributed by atoms with Gasteiger partial charge in [-0.3, -0.25) is 4.79 Å². The van der Waals surface area contributed by atoms with Crippen molar-refractivity contribution in [3.05, 3.63) is 89.0 Å². The summed E-state index contributed by atoms with van der Waals surface area (Å²) in [4.78, 5) is 13.8. The molecule has 5 heteroatoms. The number of fused-ring (bicyclic) bond motifs is 1. The number of methoxy groups -OCH3 is 4. The molecule has 0 radical (unpaired) electrons. The molecule has 3 aromatic carbocycles. The molecule has 1 aliphatic rings. The standard InChI is InChI=1S/C26H24O5/c1-28-19-15-22(29-2)24(23(16-19)30-3)26(25(27)31-4)20-13-9-8-12-18(20)14-21(26)17-10-6-5-7-11-17/h5-16H,1-4H3. The van der Waals surface area contributed by atoms with Crippen molar-refractivity contribution in [1.82, 2.24) is 0 Å². The lowest BCUT2D eigenvalue weighted by atomic mass is 9.69. The van der Waals surface area contributed by atoms with E-state index in [9.17, 15) is 4.79 Å². The van der Waals surface area contributed by atoms with Crippen molar-refractivity contribution in [2.45, 2.75) is 5.41 Å². The lowest BCUT2D eigenvalue weighted by Crippen LogP contribution is -2.39. The molecule has 0 heterocycles. The second-order valence-electron chi connectivity index (χ2n) is 7.16. The number of carbonyl (C=O) groups excluding carboxylic acids is 1. The Hall–Kier alpha value is -3.73. The predicted molar refractivity (Wildman–Crippen MR) is 120 cm³/mol. The Kier molecular flexibility index (Phi) is 5.42. The minimum absolute atomic E-state index is 0.422. The smallest absolute Gasteiger partial charge is 0.325 e. The fourth-order valence-electron chi connectivity index (χ4n) is 4.41. The van der Waals surface area contributed by atoms with Crippen LogP contribution in [0.1, 0.15) is 22.3 Å². The molecule has 0 amide bonds. The molecule has 1 atom stereocenters. The number of esters is 1. The molecule has 0 aromatic heterocycles. The van der Waals surface area contributed by atoms with Gasteiger partial charge in [-0.1, -0.05) is 54.6 Å². The molecular formula is C26H24O5. The maximum Gasteiger partial charge on any atom is 0.325 e. The van der Waals surface area contributed by atoms with E-state index in [1.54, 1.807) is 33.5 Å². The topological polar surface area (TPSA) is 54.0 Å². The Balaban J connectivity index is 2.17. The van der Waals surface area contributed by atoms with Gasteiger partial charge >= 0.3 is 5.97 Å². The van der Waals surface area contributed by atoms with Gasteiger partial charge in [0.25, 0.3) is 0 Å². The summed E-state index contributed by atoms with van der Waals surface area (Å²) in [5.41, 5.74) is 2.74. The summed E-state index contributed by atoms with van der Waals surface area (Å²) in [6.07, 6.45) is 2.03. The van der Waals surface area contributed by atoms with E-state index in [0.717, 1.165) is 22.3 Å². The van der Waals surface area contributed by atoms with Gasteiger partial charge in [0, 0.05) is 12.1 Å². The molecule has 0 saturated heterocycles. The number of ether oxygens (including phenoxy) is 4. The molecule has 0 bridgehead atoms. The summed E-state index contributed by atoms with van der Waals surface area (Å²) in [5.74, 6) is 1.09. The molecule has 158 valence electrons. The highest BCUT2D eigenvalue weighted by molar-refractivity contribution is 6.13. The summed E-state index contributed by atoms with van der Waals surface area (Å²) in [7, 11) is 6.10. The number of rotatable bonds is 6. The van der Waals surface area contributed by atoms with Crippen molar-refractivity contribution >= 4 is 17.6 Å². The van der Waals surface area contributed by atoms with E-state index >= 15 is 0 Å². The van der Waals surface area contributed by atoms with Crippen molar-refractivity contribution in [2.75, 3.05) is 28.4 Å². The average molecular weight is 416 g/mol. The van der Waals surface area contributed by atoms with Crippen molar-refractivity contribution in [1.29, 1.82) is 0 Å². The van der Waals surface area contributed by atoms with E-state index in [-0.39, 0.29) is 0 Å². The molecule has 0 fully saturated rings. The van der Waals surface area contributed by atoms with Crippen LogP contribution < -0.4 is 14.2 Å². The van der Waals surface area contributed by atoms with Crippen LogP contribution in [0.25, 0.3) is 11.6 Å². The molecular weight excluding hydrogens is 392 g/mol. The highest BCUT2D eigenvalue weighted by atomic mass is 16.5. The van der Waals surface area contributed by atoms with E-state index in [1.807, 2.05) is 60.7 Å². The van der Waals surface area contributed by atoms with Gasteiger partial charge in [0.15, 0.2) is 5.41 Å². The molecule has 0 spiro atoms. The molecule has 0 saturated carbocycles. The first-order chi connectivity index (χ1) is 15.1. The Morgan fingerprint density at radius 3 is 1.97 bits per heavy atom. The third-order valence-corrected chi connectivity index (χ3v) is 5.74. The van der Waals surface area contributed by atoms with Crippen LogP contribution in [0.2, 0.25) is 0 Å². The van der Waals surface area contributed by atoms with Crippen LogP contribution in [0.4, 0.5) is 0 Å². The van der Waals surface area contributed by atoms with Crippen LogP contribution in [-0.2, 0) is 14.9 Å². The molecule has 0 N–H and O–H groups in total. The van der Waals surface area contributed by atoms with Gasteiger partial charge in [-0.2, -0.15) is 0 Å². The zero-order chi connectivity index (χ0) is 22.0. The quantitative estimate of drug-likeness (QED) is 0.544. The van der Waals surface area contributed by atoms with Crippen molar-refractivity contribution in [2.24, 2.45) is 0 Å². The van der Waals surface area contributed by atoms with Gasteiger partial charge in [0.05, 0.1) is 34.0 Å². The number of benzene rings is 3. The lowest BCUT2D eigenvalue weighted by molar-refractivity contribution is -0.143. The fourth-order valence-corrected chi connectivity index (χ4v) is 4.41. The average Bonchev–Trinajstić information content (AvgIpc) is 3.18. The highest BCUT2D eigenvalue weighted by Crippen LogP contribution is 2.57. The summed E-state index contributed by atoms with van der Waals surface area (Å²) in [6.45, 7) is 0. The van der Waals surface area contributed by atoms with Gasteiger partial charge in [0.2, 0.25) is 0 Å².